The molecule has 0 fully saturated rings. The van der Waals surface area contributed by atoms with Crippen LogP contribution in [0.4, 0.5) is 5.82 Å². The number of fused-ring (bicyclic) bond motifs is 1. The number of thioether (sulfide) groups is 1. The van der Waals surface area contributed by atoms with Crippen LogP contribution in [0.25, 0.3) is 10.8 Å². The normalized spacial score (nSPS) is 12.2. The molecule has 1 heterocycles. The first-order valence-electron chi connectivity index (χ1n) is 6.32. The van der Waals surface area contributed by atoms with Crippen molar-refractivity contribution in [1.82, 2.24) is 10.3 Å². The topological polar surface area (TPSA) is 80.0 Å². The minimum Gasteiger partial charge on any atom is -0.347 e. The van der Waals surface area contributed by atoms with Crippen LogP contribution in [0.5, 0.6) is 0 Å². The predicted octanol–water partition coefficient (Wildman–Crippen LogP) is 2.00. The second-order valence-electron chi connectivity index (χ2n) is 4.55. The molecule has 1 amide bonds. The van der Waals surface area contributed by atoms with Crippen LogP contribution in [0.1, 0.15) is 17.4 Å². The molecule has 0 radical (unpaired) electrons. The maximum absolute atomic E-state index is 12.2. The average molecular weight is 290 g/mol. The molecule has 0 spiro atoms. The number of nitrogens with zero attached hydrogens (tertiary/aromatic N) is 1. The molecular weight excluding hydrogens is 272 g/mol. The zero-order valence-corrected chi connectivity index (χ0v) is 12.3. The number of nitrogens with one attached hydrogen (secondary N) is 2. The molecule has 4 N–H and O–H groups in total. The van der Waals surface area contributed by atoms with Gasteiger partial charge in [-0.05, 0) is 24.6 Å². The van der Waals surface area contributed by atoms with E-state index in [1.165, 1.54) is 0 Å². The highest BCUT2D eigenvalue weighted by Crippen LogP contribution is 2.21. The highest BCUT2D eigenvalue weighted by Gasteiger charge is 2.13. The van der Waals surface area contributed by atoms with E-state index < -0.39 is 0 Å². The van der Waals surface area contributed by atoms with Crippen LogP contribution in [0.15, 0.2) is 30.3 Å². The van der Waals surface area contributed by atoms with Gasteiger partial charge in [0.25, 0.3) is 5.91 Å². The summed E-state index contributed by atoms with van der Waals surface area (Å²) >= 11 is 1.69. The number of aromatic nitrogens is 1. The van der Waals surface area contributed by atoms with Crippen molar-refractivity contribution in [3.05, 3.63) is 36.0 Å². The summed E-state index contributed by atoms with van der Waals surface area (Å²) < 4.78 is 0. The van der Waals surface area contributed by atoms with E-state index in [2.05, 4.69) is 15.7 Å². The Morgan fingerprint density at radius 2 is 2.20 bits per heavy atom. The first kappa shape index (κ1) is 14.6. The highest BCUT2D eigenvalue weighted by molar-refractivity contribution is 7.98. The minimum atomic E-state index is -0.186. The van der Waals surface area contributed by atoms with Crippen molar-refractivity contribution in [2.24, 2.45) is 5.84 Å². The molecular formula is C14H18N4OS. The van der Waals surface area contributed by atoms with E-state index in [0.717, 1.165) is 16.5 Å². The van der Waals surface area contributed by atoms with Crippen molar-refractivity contribution < 1.29 is 4.79 Å². The summed E-state index contributed by atoms with van der Waals surface area (Å²) in [5, 5.41) is 4.74. The largest absolute Gasteiger partial charge is 0.347 e. The SMILES string of the molecule is CSCC(C)NC(=O)c1cc2ccccc2c(NN)n1. The summed E-state index contributed by atoms with van der Waals surface area (Å²) in [7, 11) is 0. The number of amides is 1. The van der Waals surface area contributed by atoms with Crippen molar-refractivity contribution in [1.29, 1.82) is 0 Å². The lowest BCUT2D eigenvalue weighted by atomic mass is 10.1. The molecule has 20 heavy (non-hydrogen) atoms. The lowest BCUT2D eigenvalue weighted by Crippen LogP contribution is -2.34. The zero-order valence-electron chi connectivity index (χ0n) is 11.5. The van der Waals surface area contributed by atoms with E-state index in [0.29, 0.717) is 11.5 Å². The summed E-state index contributed by atoms with van der Waals surface area (Å²) in [6, 6.07) is 9.54. The highest BCUT2D eigenvalue weighted by atomic mass is 32.2. The van der Waals surface area contributed by atoms with Gasteiger partial charge in [0.15, 0.2) is 0 Å². The second kappa shape index (κ2) is 6.58. The lowest BCUT2D eigenvalue weighted by molar-refractivity contribution is 0.0939. The fourth-order valence-corrected chi connectivity index (χ4v) is 2.60. The van der Waals surface area contributed by atoms with E-state index >= 15 is 0 Å². The van der Waals surface area contributed by atoms with Gasteiger partial charge < -0.3 is 10.7 Å². The summed E-state index contributed by atoms with van der Waals surface area (Å²) in [6.45, 7) is 1.97. The van der Waals surface area contributed by atoms with Crippen molar-refractivity contribution >= 4 is 34.3 Å². The predicted molar refractivity (Wildman–Crippen MR) is 84.9 cm³/mol. The Labute approximate surface area is 122 Å². The van der Waals surface area contributed by atoms with Crippen molar-refractivity contribution in [3.63, 3.8) is 0 Å². The molecule has 6 heteroatoms. The van der Waals surface area contributed by atoms with Crippen LogP contribution in [0, 0.1) is 0 Å². The number of hydrazine groups is 1. The third kappa shape index (κ3) is 3.20. The maximum Gasteiger partial charge on any atom is 0.270 e. The number of hydrogen-bond donors (Lipinski definition) is 3. The lowest BCUT2D eigenvalue weighted by Gasteiger charge is -2.13. The van der Waals surface area contributed by atoms with Gasteiger partial charge in [0.1, 0.15) is 11.5 Å². The summed E-state index contributed by atoms with van der Waals surface area (Å²) in [4.78, 5) is 16.5. The number of carbonyl (C=O) groups excluding carboxylic acids is 1. The number of pyridine rings is 1. The first-order chi connectivity index (χ1) is 9.65. The van der Waals surface area contributed by atoms with Gasteiger partial charge in [-0.1, -0.05) is 24.3 Å². The molecule has 0 saturated carbocycles. The number of nitrogen functional groups attached to an aromatic ring is 1. The van der Waals surface area contributed by atoms with Crippen molar-refractivity contribution in [3.8, 4) is 0 Å². The Morgan fingerprint density at radius 1 is 1.45 bits per heavy atom. The van der Waals surface area contributed by atoms with Gasteiger partial charge in [-0.15, -0.1) is 0 Å². The summed E-state index contributed by atoms with van der Waals surface area (Å²) in [5.74, 6) is 6.67. The van der Waals surface area contributed by atoms with Gasteiger partial charge in [-0.25, -0.2) is 10.8 Å². The van der Waals surface area contributed by atoms with Crippen LogP contribution in [0.3, 0.4) is 0 Å². The molecule has 0 aliphatic carbocycles. The Kier molecular flexibility index (Phi) is 4.81. The number of carbonyl (C=O) groups is 1. The van der Waals surface area contributed by atoms with Gasteiger partial charge in [-0.2, -0.15) is 11.8 Å². The summed E-state index contributed by atoms with van der Waals surface area (Å²) in [5.41, 5.74) is 2.91. The maximum atomic E-state index is 12.2. The monoisotopic (exact) mass is 290 g/mol. The molecule has 1 atom stereocenters. The molecule has 0 bridgehead atoms. The number of benzene rings is 1. The zero-order chi connectivity index (χ0) is 14.5. The molecule has 2 aromatic rings. The van der Waals surface area contributed by atoms with E-state index in [9.17, 15) is 4.79 Å². The third-order valence-corrected chi connectivity index (χ3v) is 3.74. The molecule has 1 aromatic heterocycles. The molecule has 0 saturated heterocycles. The van der Waals surface area contributed by atoms with Crippen LogP contribution in [-0.4, -0.2) is 28.9 Å². The number of hydrogen-bond acceptors (Lipinski definition) is 5. The van der Waals surface area contributed by atoms with Gasteiger partial charge in [0, 0.05) is 17.2 Å². The first-order valence-corrected chi connectivity index (χ1v) is 7.71. The van der Waals surface area contributed by atoms with Crippen LogP contribution in [-0.2, 0) is 0 Å². The Hall–Kier alpha value is -1.79. The number of rotatable bonds is 5. The smallest absolute Gasteiger partial charge is 0.270 e. The average Bonchev–Trinajstić information content (AvgIpc) is 2.46. The van der Waals surface area contributed by atoms with Gasteiger partial charge in [0.2, 0.25) is 0 Å². The van der Waals surface area contributed by atoms with Crippen molar-refractivity contribution in [2.75, 3.05) is 17.4 Å². The quantitative estimate of drug-likeness (QED) is 0.580. The van der Waals surface area contributed by atoms with Crippen molar-refractivity contribution in [2.45, 2.75) is 13.0 Å². The van der Waals surface area contributed by atoms with Gasteiger partial charge >= 0.3 is 0 Å². The summed E-state index contributed by atoms with van der Waals surface area (Å²) in [6.07, 6.45) is 2.01. The molecule has 5 nitrogen and oxygen atoms in total. The van der Waals surface area contributed by atoms with Gasteiger partial charge in [-0.3, -0.25) is 4.79 Å². The van der Waals surface area contributed by atoms with E-state index in [1.807, 2.05) is 37.4 Å². The van der Waals surface area contributed by atoms with E-state index in [1.54, 1.807) is 17.8 Å². The van der Waals surface area contributed by atoms with Crippen LogP contribution < -0.4 is 16.6 Å². The van der Waals surface area contributed by atoms with Crippen LogP contribution >= 0.6 is 11.8 Å². The fraction of sp³-hybridized carbons (Fsp3) is 0.286. The second-order valence-corrected chi connectivity index (χ2v) is 5.46. The minimum absolute atomic E-state index is 0.0973. The standard InChI is InChI=1S/C14H18N4OS/c1-9(8-20-2)16-14(19)12-7-10-5-3-4-6-11(10)13(17-12)18-15/h3-7,9H,8,15H2,1-2H3,(H,16,19)(H,17,18). The Bertz CT molecular complexity index is 617. The number of nitrogens with two attached hydrogens (primary N) is 1. The van der Waals surface area contributed by atoms with Crippen LogP contribution in [0.2, 0.25) is 0 Å². The Morgan fingerprint density at radius 3 is 2.90 bits per heavy atom. The fourth-order valence-electron chi connectivity index (χ4n) is 2.01. The van der Waals surface area contributed by atoms with E-state index in [4.69, 9.17) is 5.84 Å². The molecule has 2 rings (SSSR count). The van der Waals surface area contributed by atoms with E-state index in [-0.39, 0.29) is 11.9 Å². The Balaban J connectivity index is 2.32. The molecule has 1 aromatic carbocycles. The number of anilines is 1. The molecule has 0 aliphatic heterocycles. The molecule has 0 aliphatic rings. The van der Waals surface area contributed by atoms with Gasteiger partial charge in [0.05, 0.1) is 0 Å². The molecule has 106 valence electrons. The third-order valence-electron chi connectivity index (χ3n) is 2.90. The molecule has 1 unspecified atom stereocenters.